The number of carbonyl (C=O) groups is 1. The van der Waals surface area contributed by atoms with E-state index in [-0.39, 0.29) is 5.91 Å². The van der Waals surface area contributed by atoms with Crippen LogP contribution in [0.5, 0.6) is 5.75 Å². The van der Waals surface area contributed by atoms with Crippen molar-refractivity contribution in [2.24, 2.45) is 5.92 Å². The van der Waals surface area contributed by atoms with Crippen molar-refractivity contribution < 1.29 is 9.53 Å². The van der Waals surface area contributed by atoms with E-state index in [0.717, 1.165) is 44.0 Å². The molecule has 5 heteroatoms. The predicted molar refractivity (Wildman–Crippen MR) is 92.3 cm³/mol. The lowest BCUT2D eigenvalue weighted by Gasteiger charge is -2.32. The zero-order chi connectivity index (χ0) is 15.9. The Balaban J connectivity index is 1.87. The summed E-state index contributed by atoms with van der Waals surface area (Å²) < 4.78 is 5.51. The largest absolute Gasteiger partial charge is 0.494 e. The molecule has 1 heterocycles. The highest BCUT2D eigenvalue weighted by atomic mass is 32.1. The van der Waals surface area contributed by atoms with Crippen LogP contribution in [0.15, 0.2) is 24.3 Å². The lowest BCUT2D eigenvalue weighted by molar-refractivity contribution is 0.0972. The van der Waals surface area contributed by atoms with E-state index < -0.39 is 0 Å². The number of hydrogen-bond donors (Lipinski definition) is 1. The molecule has 0 atom stereocenters. The van der Waals surface area contributed by atoms with Gasteiger partial charge in [-0.2, -0.15) is 0 Å². The summed E-state index contributed by atoms with van der Waals surface area (Å²) in [6.45, 7) is 6.84. The van der Waals surface area contributed by atoms with Crippen molar-refractivity contribution in [1.82, 2.24) is 10.2 Å². The molecule has 0 bridgehead atoms. The Morgan fingerprint density at radius 2 is 1.95 bits per heavy atom. The minimum absolute atomic E-state index is 0.161. The molecule has 0 unspecified atom stereocenters. The molecular weight excluding hydrogens is 296 g/mol. The summed E-state index contributed by atoms with van der Waals surface area (Å²) in [6.07, 6.45) is 3.21. The topological polar surface area (TPSA) is 41.6 Å². The highest BCUT2D eigenvalue weighted by Gasteiger charge is 2.19. The standard InChI is InChI=1S/C17H24N2O2S/c1-3-12-21-15-6-4-14(5-7-15)16(20)18-17(22)19-10-8-13(2)9-11-19/h4-7,13H,3,8-12H2,1-2H3,(H,18,20,22). The highest BCUT2D eigenvalue weighted by molar-refractivity contribution is 7.80. The fourth-order valence-corrected chi connectivity index (χ4v) is 2.66. The number of thiocarbonyl (C=S) groups is 1. The number of piperidine rings is 1. The molecular formula is C17H24N2O2S. The molecule has 0 radical (unpaired) electrons. The molecule has 1 amide bonds. The number of nitrogens with zero attached hydrogens (tertiary/aromatic N) is 1. The molecule has 1 N–H and O–H groups in total. The van der Waals surface area contributed by atoms with Crippen LogP contribution in [-0.2, 0) is 0 Å². The number of nitrogens with one attached hydrogen (secondary N) is 1. The third-order valence-corrected chi connectivity index (χ3v) is 4.24. The average molecular weight is 320 g/mol. The molecule has 4 nitrogen and oxygen atoms in total. The van der Waals surface area contributed by atoms with Crippen molar-refractivity contribution in [1.29, 1.82) is 0 Å². The van der Waals surface area contributed by atoms with Crippen LogP contribution in [0.3, 0.4) is 0 Å². The zero-order valence-corrected chi connectivity index (χ0v) is 14.1. The summed E-state index contributed by atoms with van der Waals surface area (Å²) >= 11 is 5.34. The van der Waals surface area contributed by atoms with E-state index in [4.69, 9.17) is 17.0 Å². The first-order valence-corrected chi connectivity index (χ1v) is 8.34. The maximum absolute atomic E-state index is 12.2. The molecule has 1 aromatic rings. The summed E-state index contributed by atoms with van der Waals surface area (Å²) in [7, 11) is 0. The number of ether oxygens (including phenoxy) is 1. The number of carbonyl (C=O) groups excluding carboxylic acids is 1. The van der Waals surface area contributed by atoms with Gasteiger partial charge in [0.05, 0.1) is 6.61 Å². The van der Waals surface area contributed by atoms with E-state index >= 15 is 0 Å². The molecule has 1 aliphatic heterocycles. The van der Waals surface area contributed by atoms with E-state index in [2.05, 4.69) is 24.1 Å². The highest BCUT2D eigenvalue weighted by Crippen LogP contribution is 2.16. The molecule has 1 aliphatic rings. The molecule has 120 valence electrons. The third-order valence-electron chi connectivity index (χ3n) is 3.88. The van der Waals surface area contributed by atoms with Crippen molar-refractivity contribution in [2.45, 2.75) is 33.1 Å². The fraction of sp³-hybridized carbons (Fsp3) is 0.529. The Labute approximate surface area is 137 Å². The summed E-state index contributed by atoms with van der Waals surface area (Å²) in [5, 5.41) is 3.35. The van der Waals surface area contributed by atoms with Crippen LogP contribution in [0.4, 0.5) is 0 Å². The van der Waals surface area contributed by atoms with Gasteiger partial charge in [-0.05, 0) is 61.7 Å². The van der Waals surface area contributed by atoms with Gasteiger partial charge in [-0.25, -0.2) is 0 Å². The second-order valence-corrected chi connectivity index (χ2v) is 6.19. The van der Waals surface area contributed by atoms with E-state index in [1.165, 1.54) is 0 Å². The van der Waals surface area contributed by atoms with Gasteiger partial charge in [0.15, 0.2) is 5.11 Å². The Morgan fingerprint density at radius 1 is 1.32 bits per heavy atom. The fourth-order valence-electron chi connectivity index (χ4n) is 2.38. The molecule has 0 spiro atoms. The number of likely N-dealkylation sites (tertiary alicyclic amines) is 1. The monoisotopic (exact) mass is 320 g/mol. The number of hydrogen-bond acceptors (Lipinski definition) is 3. The van der Waals surface area contributed by atoms with Gasteiger partial charge < -0.3 is 9.64 Å². The zero-order valence-electron chi connectivity index (χ0n) is 13.3. The van der Waals surface area contributed by atoms with Crippen molar-refractivity contribution in [3.05, 3.63) is 29.8 Å². The van der Waals surface area contributed by atoms with Crippen molar-refractivity contribution >= 4 is 23.2 Å². The first kappa shape index (κ1) is 16.7. The Bertz CT molecular complexity index is 508. The van der Waals surface area contributed by atoms with Gasteiger partial charge in [0.25, 0.3) is 5.91 Å². The summed E-state index contributed by atoms with van der Waals surface area (Å²) in [5.74, 6) is 1.36. The van der Waals surface area contributed by atoms with E-state index in [9.17, 15) is 4.79 Å². The molecule has 2 rings (SSSR count). The van der Waals surface area contributed by atoms with Crippen LogP contribution in [0.2, 0.25) is 0 Å². The van der Waals surface area contributed by atoms with Gasteiger partial charge in [0.2, 0.25) is 0 Å². The van der Waals surface area contributed by atoms with E-state index in [1.54, 1.807) is 12.1 Å². The van der Waals surface area contributed by atoms with Crippen LogP contribution >= 0.6 is 12.2 Å². The van der Waals surface area contributed by atoms with Gasteiger partial charge in [0, 0.05) is 18.7 Å². The maximum Gasteiger partial charge on any atom is 0.257 e. The summed E-state index contributed by atoms with van der Waals surface area (Å²) in [4.78, 5) is 14.3. The third kappa shape index (κ3) is 4.70. The molecule has 1 fully saturated rings. The van der Waals surface area contributed by atoms with Crippen LogP contribution in [0.1, 0.15) is 43.5 Å². The van der Waals surface area contributed by atoms with Gasteiger partial charge >= 0.3 is 0 Å². The second kappa shape index (κ2) is 8.13. The Morgan fingerprint density at radius 3 is 2.55 bits per heavy atom. The number of rotatable bonds is 4. The summed E-state index contributed by atoms with van der Waals surface area (Å²) in [6, 6.07) is 7.16. The number of benzene rings is 1. The first-order valence-electron chi connectivity index (χ1n) is 7.93. The van der Waals surface area contributed by atoms with Crippen LogP contribution in [0.25, 0.3) is 0 Å². The van der Waals surface area contributed by atoms with Gasteiger partial charge in [-0.3, -0.25) is 10.1 Å². The average Bonchev–Trinajstić information content (AvgIpc) is 2.54. The van der Waals surface area contributed by atoms with Gasteiger partial charge in [-0.1, -0.05) is 13.8 Å². The van der Waals surface area contributed by atoms with Gasteiger partial charge in [-0.15, -0.1) is 0 Å². The molecule has 0 aliphatic carbocycles. The molecule has 1 aromatic carbocycles. The lowest BCUT2D eigenvalue weighted by atomic mass is 10.00. The van der Waals surface area contributed by atoms with Crippen LogP contribution < -0.4 is 10.1 Å². The first-order chi connectivity index (χ1) is 10.6. The Hall–Kier alpha value is -1.62. The smallest absolute Gasteiger partial charge is 0.257 e. The minimum Gasteiger partial charge on any atom is -0.494 e. The Kier molecular flexibility index (Phi) is 6.19. The summed E-state index contributed by atoms with van der Waals surface area (Å²) in [5.41, 5.74) is 0.594. The number of amides is 1. The lowest BCUT2D eigenvalue weighted by Crippen LogP contribution is -2.46. The molecule has 0 saturated carbocycles. The molecule has 1 saturated heterocycles. The van der Waals surface area contributed by atoms with Crippen LogP contribution in [-0.4, -0.2) is 35.6 Å². The molecule has 22 heavy (non-hydrogen) atoms. The van der Waals surface area contributed by atoms with Gasteiger partial charge in [0.1, 0.15) is 5.75 Å². The second-order valence-electron chi connectivity index (χ2n) is 5.80. The van der Waals surface area contributed by atoms with Crippen LogP contribution in [0, 0.1) is 5.92 Å². The van der Waals surface area contributed by atoms with E-state index in [1.807, 2.05) is 12.1 Å². The van der Waals surface area contributed by atoms with E-state index in [0.29, 0.717) is 17.3 Å². The minimum atomic E-state index is -0.161. The normalized spacial score (nSPS) is 15.5. The molecule has 0 aromatic heterocycles. The predicted octanol–water partition coefficient (Wildman–Crippen LogP) is 3.22. The van der Waals surface area contributed by atoms with Crippen molar-refractivity contribution in [3.8, 4) is 5.75 Å². The van der Waals surface area contributed by atoms with Crippen molar-refractivity contribution in [2.75, 3.05) is 19.7 Å². The maximum atomic E-state index is 12.2. The quantitative estimate of drug-likeness (QED) is 0.865. The SMILES string of the molecule is CCCOc1ccc(C(=O)NC(=S)N2CCC(C)CC2)cc1. The van der Waals surface area contributed by atoms with Crippen molar-refractivity contribution in [3.63, 3.8) is 0 Å².